The van der Waals surface area contributed by atoms with Gasteiger partial charge in [0.2, 0.25) is 0 Å². The van der Waals surface area contributed by atoms with Crippen molar-refractivity contribution < 1.29 is 9.18 Å². The lowest BCUT2D eigenvalue weighted by molar-refractivity contribution is 0.102. The van der Waals surface area contributed by atoms with E-state index in [2.05, 4.69) is 34.2 Å². The Kier molecular flexibility index (Phi) is 5.36. The van der Waals surface area contributed by atoms with Crippen molar-refractivity contribution in [3.05, 3.63) is 59.4 Å². The largest absolute Gasteiger partial charge is 0.370 e. The van der Waals surface area contributed by atoms with Gasteiger partial charge in [-0.3, -0.25) is 9.69 Å². The molecule has 0 aliphatic carbocycles. The lowest BCUT2D eigenvalue weighted by atomic mass is 10.1. The highest BCUT2D eigenvalue weighted by molar-refractivity contribution is 6.04. The number of amides is 1. The molecule has 1 unspecified atom stereocenters. The molecule has 148 valence electrons. The molecule has 2 heterocycles. The molecule has 0 spiro atoms. The first-order chi connectivity index (χ1) is 13.5. The number of carbonyl (C=O) groups is 1. The van der Waals surface area contributed by atoms with E-state index in [-0.39, 0.29) is 11.7 Å². The van der Waals surface area contributed by atoms with Gasteiger partial charge in [0, 0.05) is 42.1 Å². The molecule has 2 aromatic carbocycles. The van der Waals surface area contributed by atoms with E-state index in [4.69, 9.17) is 0 Å². The average molecular weight is 381 g/mol. The van der Waals surface area contributed by atoms with E-state index < -0.39 is 0 Å². The summed E-state index contributed by atoms with van der Waals surface area (Å²) < 4.78 is 13.0. The number of hydrogen-bond donors (Lipinski definition) is 1. The van der Waals surface area contributed by atoms with Crippen molar-refractivity contribution in [3.63, 3.8) is 0 Å². The minimum atomic E-state index is -0.343. The molecular formula is C23H28FN3O. The molecule has 2 aliphatic heterocycles. The summed E-state index contributed by atoms with van der Waals surface area (Å²) in [7, 11) is 0. The van der Waals surface area contributed by atoms with Crippen LogP contribution in [0.3, 0.4) is 0 Å². The predicted molar refractivity (Wildman–Crippen MR) is 112 cm³/mol. The minimum absolute atomic E-state index is 0.222. The van der Waals surface area contributed by atoms with Gasteiger partial charge >= 0.3 is 0 Å². The predicted octanol–water partition coefficient (Wildman–Crippen LogP) is 4.45. The maximum absolute atomic E-state index is 13.0. The second kappa shape index (κ2) is 7.92. The molecule has 1 amide bonds. The number of carbonyl (C=O) groups excluding carboxylic acids is 1. The van der Waals surface area contributed by atoms with E-state index in [0.29, 0.717) is 17.6 Å². The van der Waals surface area contributed by atoms with Gasteiger partial charge in [-0.1, -0.05) is 0 Å². The fourth-order valence-corrected chi connectivity index (χ4v) is 4.53. The van der Waals surface area contributed by atoms with Crippen LogP contribution in [-0.4, -0.2) is 42.5 Å². The molecule has 0 saturated carbocycles. The maximum Gasteiger partial charge on any atom is 0.255 e. The van der Waals surface area contributed by atoms with Crippen LogP contribution in [0.4, 0.5) is 15.8 Å². The van der Waals surface area contributed by atoms with E-state index in [1.165, 1.54) is 55.8 Å². The number of benzene rings is 2. The molecule has 0 radical (unpaired) electrons. The topological polar surface area (TPSA) is 35.6 Å². The van der Waals surface area contributed by atoms with E-state index in [0.717, 1.165) is 24.3 Å². The lowest BCUT2D eigenvalue weighted by Gasteiger charge is -2.28. The molecule has 2 saturated heterocycles. The summed E-state index contributed by atoms with van der Waals surface area (Å²) in [5.41, 5.74) is 3.49. The van der Waals surface area contributed by atoms with Gasteiger partial charge < -0.3 is 10.2 Å². The summed E-state index contributed by atoms with van der Waals surface area (Å²) in [5.74, 6) is -0.565. The second-order valence-electron chi connectivity index (χ2n) is 8.08. The van der Waals surface area contributed by atoms with E-state index in [9.17, 15) is 9.18 Å². The third kappa shape index (κ3) is 3.90. The first kappa shape index (κ1) is 18.9. The Labute approximate surface area is 166 Å². The van der Waals surface area contributed by atoms with E-state index >= 15 is 0 Å². The van der Waals surface area contributed by atoms with E-state index in [1.807, 2.05) is 13.0 Å². The SMILES string of the molecule is Cc1cc(N2CCC(N3CCC[C@H]3C)C2)ccc1NC(=O)c1ccc(F)cc1. The lowest BCUT2D eigenvalue weighted by Crippen LogP contribution is -2.39. The minimum Gasteiger partial charge on any atom is -0.370 e. The molecule has 1 N–H and O–H groups in total. The van der Waals surface area contributed by atoms with Gasteiger partial charge in [0.15, 0.2) is 0 Å². The molecular weight excluding hydrogens is 353 g/mol. The average Bonchev–Trinajstić information content (AvgIpc) is 3.32. The number of nitrogens with one attached hydrogen (secondary N) is 1. The quantitative estimate of drug-likeness (QED) is 0.850. The molecule has 2 aliphatic rings. The van der Waals surface area contributed by atoms with Crippen molar-refractivity contribution in [2.24, 2.45) is 0 Å². The van der Waals surface area contributed by atoms with Crippen LogP contribution in [0.15, 0.2) is 42.5 Å². The van der Waals surface area contributed by atoms with Crippen molar-refractivity contribution in [2.45, 2.75) is 45.2 Å². The van der Waals surface area contributed by atoms with Crippen molar-refractivity contribution in [3.8, 4) is 0 Å². The first-order valence-electron chi connectivity index (χ1n) is 10.2. The van der Waals surface area contributed by atoms with Crippen LogP contribution in [-0.2, 0) is 0 Å². The fraction of sp³-hybridized carbons (Fsp3) is 0.435. The van der Waals surface area contributed by atoms with Crippen molar-refractivity contribution >= 4 is 17.3 Å². The van der Waals surface area contributed by atoms with E-state index in [1.54, 1.807) is 0 Å². The first-order valence-corrected chi connectivity index (χ1v) is 10.2. The van der Waals surface area contributed by atoms with Gasteiger partial charge in [0.05, 0.1) is 0 Å². The fourth-order valence-electron chi connectivity index (χ4n) is 4.53. The van der Waals surface area contributed by atoms with Gasteiger partial charge in [-0.15, -0.1) is 0 Å². The second-order valence-corrected chi connectivity index (χ2v) is 8.08. The number of nitrogens with zero attached hydrogens (tertiary/aromatic N) is 2. The Morgan fingerprint density at radius 2 is 1.89 bits per heavy atom. The number of anilines is 2. The molecule has 4 rings (SSSR count). The molecule has 2 fully saturated rings. The Balaban J connectivity index is 1.42. The van der Waals surface area contributed by atoms with Crippen LogP contribution in [0.1, 0.15) is 42.1 Å². The highest BCUT2D eigenvalue weighted by Crippen LogP contribution is 2.30. The standard InChI is InChI=1S/C23H28FN3O/c1-16-14-20(26-13-11-21(15-26)27-12-3-4-17(27)2)9-10-22(16)25-23(28)18-5-7-19(24)8-6-18/h5-10,14,17,21H,3-4,11-13,15H2,1-2H3,(H,25,28)/t17-,21?/m1/s1. The summed E-state index contributed by atoms with van der Waals surface area (Å²) in [5, 5.41) is 2.93. The smallest absolute Gasteiger partial charge is 0.255 e. The van der Waals surface area contributed by atoms with Crippen LogP contribution in [0.25, 0.3) is 0 Å². The number of hydrogen-bond acceptors (Lipinski definition) is 3. The third-order valence-electron chi connectivity index (χ3n) is 6.17. The molecule has 28 heavy (non-hydrogen) atoms. The van der Waals surface area contributed by atoms with Crippen LogP contribution < -0.4 is 10.2 Å². The number of aryl methyl sites for hydroxylation is 1. The van der Waals surface area contributed by atoms with Gasteiger partial charge in [0.25, 0.3) is 5.91 Å². The Morgan fingerprint density at radius 3 is 2.57 bits per heavy atom. The zero-order chi connectivity index (χ0) is 19.7. The molecule has 4 nitrogen and oxygen atoms in total. The monoisotopic (exact) mass is 381 g/mol. The Morgan fingerprint density at radius 1 is 1.11 bits per heavy atom. The molecule has 0 bridgehead atoms. The molecule has 2 aromatic rings. The van der Waals surface area contributed by atoms with Crippen LogP contribution in [0, 0.1) is 12.7 Å². The third-order valence-corrected chi connectivity index (χ3v) is 6.17. The van der Waals surface area contributed by atoms with Crippen LogP contribution in [0.2, 0.25) is 0 Å². The summed E-state index contributed by atoms with van der Waals surface area (Å²) in [6.07, 6.45) is 3.85. The van der Waals surface area contributed by atoms with Crippen molar-refractivity contribution in [1.29, 1.82) is 0 Å². The summed E-state index contributed by atoms with van der Waals surface area (Å²) in [6.45, 7) is 7.74. The summed E-state index contributed by atoms with van der Waals surface area (Å²) >= 11 is 0. The van der Waals surface area contributed by atoms with Crippen LogP contribution >= 0.6 is 0 Å². The summed E-state index contributed by atoms with van der Waals surface area (Å²) in [4.78, 5) is 17.5. The Bertz CT molecular complexity index is 851. The zero-order valence-corrected chi connectivity index (χ0v) is 16.6. The van der Waals surface area contributed by atoms with Crippen LogP contribution in [0.5, 0.6) is 0 Å². The Hall–Kier alpha value is -2.40. The molecule has 0 aromatic heterocycles. The number of likely N-dealkylation sites (tertiary alicyclic amines) is 1. The van der Waals surface area contributed by atoms with Gasteiger partial charge in [0.1, 0.15) is 5.82 Å². The van der Waals surface area contributed by atoms with Gasteiger partial charge in [-0.2, -0.15) is 0 Å². The highest BCUT2D eigenvalue weighted by atomic mass is 19.1. The normalized spacial score (nSPS) is 22.6. The molecule has 5 heteroatoms. The maximum atomic E-state index is 13.0. The molecule has 2 atom stereocenters. The van der Waals surface area contributed by atoms with Crippen molar-refractivity contribution in [2.75, 3.05) is 29.9 Å². The highest BCUT2D eigenvalue weighted by Gasteiger charge is 2.32. The van der Waals surface area contributed by atoms with Crippen molar-refractivity contribution in [1.82, 2.24) is 4.90 Å². The number of rotatable bonds is 4. The number of halogens is 1. The summed E-state index contributed by atoms with van der Waals surface area (Å²) in [6, 6.07) is 13.2. The van der Waals surface area contributed by atoms with Gasteiger partial charge in [-0.25, -0.2) is 4.39 Å². The van der Waals surface area contributed by atoms with Gasteiger partial charge in [-0.05, 0) is 87.7 Å². The zero-order valence-electron chi connectivity index (χ0n) is 16.6.